The third-order valence-electron chi connectivity index (χ3n) is 3.26. The highest BCUT2D eigenvalue weighted by molar-refractivity contribution is 7.99. The number of aryl methyl sites for hydroxylation is 1. The average molecular weight is 328 g/mol. The minimum Gasteiger partial charge on any atom is -0.497 e. The van der Waals surface area contributed by atoms with E-state index in [4.69, 9.17) is 21.1 Å². The number of carbonyl (C=O) groups is 1. The van der Waals surface area contributed by atoms with E-state index in [-0.39, 0.29) is 5.97 Å². The molecule has 0 aliphatic rings. The summed E-state index contributed by atoms with van der Waals surface area (Å²) in [6.07, 6.45) is 0.882. The maximum absolute atomic E-state index is 12.1. The van der Waals surface area contributed by atoms with Crippen LogP contribution in [0.5, 0.6) is 5.75 Å². The second-order valence-corrected chi connectivity index (χ2v) is 5.99. The molecule has 0 spiro atoms. The maximum atomic E-state index is 12.1. The number of halogens is 1. The van der Waals surface area contributed by atoms with Gasteiger partial charge in [-0.1, -0.05) is 0 Å². The number of fused-ring (bicyclic) bond motifs is 1. The molecule has 1 aromatic heterocycles. The highest BCUT2D eigenvalue weighted by Crippen LogP contribution is 2.36. The van der Waals surface area contributed by atoms with Crippen molar-refractivity contribution >= 4 is 40.2 Å². The van der Waals surface area contributed by atoms with Gasteiger partial charge in [0.25, 0.3) is 0 Å². The van der Waals surface area contributed by atoms with Gasteiger partial charge in [-0.05, 0) is 30.4 Å². The average Bonchev–Trinajstić information content (AvgIpc) is 2.79. The molecule has 0 bridgehead atoms. The van der Waals surface area contributed by atoms with Crippen molar-refractivity contribution in [1.29, 1.82) is 0 Å². The van der Waals surface area contributed by atoms with Gasteiger partial charge < -0.3 is 14.0 Å². The van der Waals surface area contributed by atoms with Gasteiger partial charge in [0, 0.05) is 28.7 Å². The Morgan fingerprint density at radius 1 is 1.38 bits per heavy atom. The van der Waals surface area contributed by atoms with Crippen LogP contribution in [0.1, 0.15) is 16.9 Å². The van der Waals surface area contributed by atoms with Crippen LogP contribution in [-0.4, -0.2) is 36.4 Å². The number of aromatic nitrogens is 1. The second kappa shape index (κ2) is 7.09. The standard InChI is InChI=1S/C15H18ClNO3S/c1-17-12-6-5-10(19-2)9-11(12)14(21-8-4-7-16)13(17)15(18)20-3/h5-6,9H,4,7-8H2,1-3H3. The number of hydrogen-bond acceptors (Lipinski definition) is 4. The zero-order valence-electron chi connectivity index (χ0n) is 12.3. The third-order valence-corrected chi connectivity index (χ3v) is 4.73. The maximum Gasteiger partial charge on any atom is 0.355 e. The molecule has 0 atom stereocenters. The highest BCUT2D eigenvalue weighted by atomic mass is 35.5. The predicted octanol–water partition coefficient (Wildman–Crippen LogP) is 3.69. The van der Waals surface area contributed by atoms with Crippen LogP contribution >= 0.6 is 23.4 Å². The second-order valence-electron chi connectivity index (χ2n) is 4.50. The predicted molar refractivity (Wildman–Crippen MR) is 86.9 cm³/mol. The molecule has 4 nitrogen and oxygen atoms in total. The van der Waals surface area contributed by atoms with Gasteiger partial charge >= 0.3 is 5.97 Å². The lowest BCUT2D eigenvalue weighted by atomic mass is 10.2. The van der Waals surface area contributed by atoms with Crippen LogP contribution in [0.15, 0.2) is 23.1 Å². The Morgan fingerprint density at radius 3 is 2.76 bits per heavy atom. The summed E-state index contributed by atoms with van der Waals surface area (Å²) in [5.74, 6) is 1.89. The molecule has 1 aromatic carbocycles. The molecule has 0 radical (unpaired) electrons. The van der Waals surface area contributed by atoms with Crippen LogP contribution in [0.3, 0.4) is 0 Å². The highest BCUT2D eigenvalue weighted by Gasteiger charge is 2.22. The van der Waals surface area contributed by atoms with Crippen molar-refractivity contribution in [3.05, 3.63) is 23.9 Å². The largest absolute Gasteiger partial charge is 0.497 e. The zero-order valence-corrected chi connectivity index (χ0v) is 13.9. The Labute approximate surface area is 133 Å². The summed E-state index contributed by atoms with van der Waals surface area (Å²) < 4.78 is 12.1. The van der Waals surface area contributed by atoms with Crippen molar-refractivity contribution in [2.75, 3.05) is 25.9 Å². The third kappa shape index (κ3) is 3.14. The van der Waals surface area contributed by atoms with E-state index in [1.54, 1.807) is 18.9 Å². The van der Waals surface area contributed by atoms with Crippen molar-refractivity contribution in [2.45, 2.75) is 11.3 Å². The van der Waals surface area contributed by atoms with E-state index >= 15 is 0 Å². The molecule has 0 fully saturated rings. The number of carbonyl (C=O) groups excluding carboxylic acids is 1. The van der Waals surface area contributed by atoms with Crippen LogP contribution in [0, 0.1) is 0 Å². The molecule has 0 saturated carbocycles. The molecule has 114 valence electrons. The van der Waals surface area contributed by atoms with Gasteiger partial charge in [-0.15, -0.1) is 23.4 Å². The lowest BCUT2D eigenvalue weighted by molar-refractivity contribution is 0.0586. The molecular weight excluding hydrogens is 310 g/mol. The number of alkyl halides is 1. The monoisotopic (exact) mass is 327 g/mol. The van der Waals surface area contributed by atoms with Gasteiger partial charge in [-0.2, -0.15) is 0 Å². The number of ether oxygens (including phenoxy) is 2. The first-order valence-electron chi connectivity index (χ1n) is 6.57. The first-order chi connectivity index (χ1) is 10.1. The molecule has 1 heterocycles. The van der Waals surface area contributed by atoms with E-state index < -0.39 is 0 Å². The lowest BCUT2D eigenvalue weighted by Crippen LogP contribution is -2.08. The van der Waals surface area contributed by atoms with Crippen molar-refractivity contribution in [2.24, 2.45) is 7.05 Å². The van der Waals surface area contributed by atoms with E-state index in [0.29, 0.717) is 11.6 Å². The molecule has 0 N–H and O–H groups in total. The molecule has 0 saturated heterocycles. The minimum absolute atomic E-state index is 0.332. The first-order valence-corrected chi connectivity index (χ1v) is 8.09. The molecule has 21 heavy (non-hydrogen) atoms. The summed E-state index contributed by atoms with van der Waals surface area (Å²) in [6.45, 7) is 0. The summed E-state index contributed by atoms with van der Waals surface area (Å²) in [5.41, 5.74) is 1.55. The van der Waals surface area contributed by atoms with Crippen LogP contribution in [-0.2, 0) is 11.8 Å². The van der Waals surface area contributed by atoms with Crippen LogP contribution < -0.4 is 4.74 Å². The number of hydrogen-bond donors (Lipinski definition) is 0. The van der Waals surface area contributed by atoms with Gasteiger partial charge in [-0.25, -0.2) is 4.79 Å². The topological polar surface area (TPSA) is 40.5 Å². The van der Waals surface area contributed by atoms with Gasteiger partial charge in [0.1, 0.15) is 11.4 Å². The van der Waals surface area contributed by atoms with Crippen molar-refractivity contribution < 1.29 is 14.3 Å². The molecule has 0 aliphatic carbocycles. The Morgan fingerprint density at radius 2 is 2.14 bits per heavy atom. The molecule has 2 aromatic rings. The van der Waals surface area contributed by atoms with Gasteiger partial charge in [-0.3, -0.25) is 0 Å². The summed E-state index contributed by atoms with van der Waals surface area (Å²) >= 11 is 7.36. The van der Waals surface area contributed by atoms with Crippen LogP contribution in [0.25, 0.3) is 10.9 Å². The van der Waals surface area contributed by atoms with Crippen molar-refractivity contribution in [3.8, 4) is 5.75 Å². The smallest absolute Gasteiger partial charge is 0.355 e. The number of nitrogens with zero attached hydrogens (tertiary/aromatic N) is 1. The van der Waals surface area contributed by atoms with Crippen molar-refractivity contribution in [3.63, 3.8) is 0 Å². The fourth-order valence-corrected chi connectivity index (χ4v) is 3.68. The Kier molecular flexibility index (Phi) is 5.42. The van der Waals surface area contributed by atoms with Gasteiger partial charge in [0.15, 0.2) is 0 Å². The van der Waals surface area contributed by atoms with E-state index in [9.17, 15) is 4.79 Å². The summed E-state index contributed by atoms with van der Waals surface area (Å²) in [4.78, 5) is 13.0. The fourth-order valence-electron chi connectivity index (χ4n) is 2.22. The van der Waals surface area contributed by atoms with Gasteiger partial charge in [0.2, 0.25) is 0 Å². The number of rotatable bonds is 6. The fraction of sp³-hybridized carbons (Fsp3) is 0.400. The number of esters is 1. The first kappa shape index (κ1) is 16.0. The van der Waals surface area contributed by atoms with Crippen molar-refractivity contribution in [1.82, 2.24) is 4.57 Å². The number of thioether (sulfide) groups is 1. The van der Waals surface area contributed by atoms with Crippen LogP contribution in [0.2, 0.25) is 0 Å². The normalized spacial score (nSPS) is 10.9. The van der Waals surface area contributed by atoms with Crippen LogP contribution in [0.4, 0.5) is 0 Å². The Bertz CT molecular complexity index is 654. The SMILES string of the molecule is COC(=O)c1c(SCCCCl)c2cc(OC)ccc2n1C. The summed E-state index contributed by atoms with van der Waals surface area (Å²) in [7, 11) is 4.89. The van der Waals surface area contributed by atoms with E-state index in [0.717, 1.165) is 33.7 Å². The molecule has 0 amide bonds. The van der Waals surface area contributed by atoms with E-state index in [2.05, 4.69) is 0 Å². The molecule has 6 heteroatoms. The number of benzene rings is 1. The minimum atomic E-state index is -0.332. The molecule has 0 unspecified atom stereocenters. The molecule has 2 rings (SSSR count). The Hall–Kier alpha value is -1.33. The quantitative estimate of drug-likeness (QED) is 0.351. The summed E-state index contributed by atoms with van der Waals surface area (Å²) in [5, 5.41) is 0.997. The zero-order chi connectivity index (χ0) is 15.4. The number of methoxy groups -OCH3 is 2. The summed E-state index contributed by atoms with van der Waals surface area (Å²) in [6, 6.07) is 5.79. The molecule has 0 aliphatic heterocycles. The van der Waals surface area contributed by atoms with E-state index in [1.807, 2.05) is 29.8 Å². The molecular formula is C15H18ClNO3S. The lowest BCUT2D eigenvalue weighted by Gasteiger charge is -2.05. The van der Waals surface area contributed by atoms with E-state index in [1.165, 1.54) is 7.11 Å². The Balaban J connectivity index is 2.59. The van der Waals surface area contributed by atoms with Gasteiger partial charge in [0.05, 0.1) is 14.2 Å².